The monoisotopic (exact) mass is 528 g/mol. The summed E-state index contributed by atoms with van der Waals surface area (Å²) in [7, 11) is 2.15. The van der Waals surface area contributed by atoms with Crippen LogP contribution < -0.4 is 20.3 Å². The molecule has 0 fully saturated rings. The standard InChI is InChI=1S/C33H44N4O2/c1-6-18-36(5)19-10-21-39-32-23-27(13-15-28(32)26-14-16-29(34-7-2)24(3)22-26)33(38)37-20-17-25(4)35-30-11-8-9-12-31(30)37/h8-9,11-16,22-23,25,34-35H,6-7,10,17-21H2,1-5H3/t25-/m0/s1. The molecule has 0 saturated heterocycles. The summed E-state index contributed by atoms with van der Waals surface area (Å²) < 4.78 is 6.40. The van der Waals surface area contributed by atoms with Crippen molar-refractivity contribution in [2.45, 2.75) is 53.0 Å². The van der Waals surface area contributed by atoms with E-state index in [-0.39, 0.29) is 5.91 Å². The number of fused-ring (bicyclic) bond motifs is 1. The van der Waals surface area contributed by atoms with Crippen LogP contribution in [0, 0.1) is 6.92 Å². The van der Waals surface area contributed by atoms with Crippen molar-refractivity contribution in [3.8, 4) is 16.9 Å². The van der Waals surface area contributed by atoms with Crippen LogP contribution in [-0.2, 0) is 0 Å². The lowest BCUT2D eigenvalue weighted by Crippen LogP contribution is -2.32. The van der Waals surface area contributed by atoms with Crippen LogP contribution in [0.25, 0.3) is 11.1 Å². The average molecular weight is 529 g/mol. The number of nitrogens with zero attached hydrogens (tertiary/aromatic N) is 2. The van der Waals surface area contributed by atoms with Gasteiger partial charge in [0.25, 0.3) is 5.91 Å². The highest BCUT2D eigenvalue weighted by Crippen LogP contribution is 2.35. The van der Waals surface area contributed by atoms with Crippen LogP contribution in [0.1, 0.15) is 56.0 Å². The Bertz CT molecular complexity index is 1260. The zero-order valence-corrected chi connectivity index (χ0v) is 24.2. The molecular weight excluding hydrogens is 484 g/mol. The molecule has 0 aromatic heterocycles. The molecule has 2 N–H and O–H groups in total. The van der Waals surface area contributed by atoms with Gasteiger partial charge in [0.05, 0.1) is 18.0 Å². The number of para-hydroxylation sites is 2. The van der Waals surface area contributed by atoms with E-state index >= 15 is 0 Å². The molecule has 4 rings (SSSR count). The van der Waals surface area contributed by atoms with Gasteiger partial charge in [0, 0.05) is 42.5 Å². The summed E-state index contributed by atoms with van der Waals surface area (Å²) in [6.07, 6.45) is 2.95. The zero-order chi connectivity index (χ0) is 27.8. The van der Waals surface area contributed by atoms with E-state index in [1.165, 1.54) is 5.56 Å². The van der Waals surface area contributed by atoms with E-state index in [2.05, 4.69) is 68.5 Å². The number of hydrogen-bond acceptors (Lipinski definition) is 5. The first-order chi connectivity index (χ1) is 18.9. The van der Waals surface area contributed by atoms with Gasteiger partial charge in [0.1, 0.15) is 5.75 Å². The number of amides is 1. The van der Waals surface area contributed by atoms with Gasteiger partial charge in [-0.1, -0.05) is 25.1 Å². The largest absolute Gasteiger partial charge is 0.493 e. The van der Waals surface area contributed by atoms with Gasteiger partial charge in [0.2, 0.25) is 0 Å². The van der Waals surface area contributed by atoms with Crippen LogP contribution in [0.4, 0.5) is 17.1 Å². The summed E-state index contributed by atoms with van der Waals surface area (Å²) in [6, 6.07) is 20.7. The van der Waals surface area contributed by atoms with Gasteiger partial charge < -0.3 is 25.2 Å². The number of carbonyl (C=O) groups is 1. The second-order valence-electron chi connectivity index (χ2n) is 10.6. The van der Waals surface area contributed by atoms with Crippen molar-refractivity contribution in [1.29, 1.82) is 0 Å². The van der Waals surface area contributed by atoms with E-state index in [0.29, 0.717) is 24.8 Å². The normalized spacial score (nSPS) is 14.9. The van der Waals surface area contributed by atoms with Crippen LogP contribution in [0.15, 0.2) is 60.7 Å². The number of hydrogen-bond donors (Lipinski definition) is 2. The highest BCUT2D eigenvalue weighted by Gasteiger charge is 2.25. The fourth-order valence-electron chi connectivity index (χ4n) is 5.22. The number of ether oxygens (including phenoxy) is 1. The molecule has 0 aliphatic carbocycles. The molecule has 0 bridgehead atoms. The first-order valence-electron chi connectivity index (χ1n) is 14.4. The molecule has 1 heterocycles. The van der Waals surface area contributed by atoms with Gasteiger partial charge in [-0.05, 0) is 107 Å². The lowest BCUT2D eigenvalue weighted by Gasteiger charge is -2.23. The molecule has 0 spiro atoms. The average Bonchev–Trinajstić information content (AvgIpc) is 3.10. The first kappa shape index (κ1) is 28.5. The highest BCUT2D eigenvalue weighted by atomic mass is 16.5. The molecule has 6 heteroatoms. The van der Waals surface area contributed by atoms with Crippen molar-refractivity contribution in [2.24, 2.45) is 0 Å². The Hall–Kier alpha value is -3.51. The summed E-state index contributed by atoms with van der Waals surface area (Å²) in [6.45, 7) is 12.8. The van der Waals surface area contributed by atoms with E-state index in [9.17, 15) is 4.79 Å². The van der Waals surface area contributed by atoms with E-state index < -0.39 is 0 Å². The minimum absolute atomic E-state index is 0.00361. The minimum atomic E-state index is -0.00361. The third-order valence-electron chi connectivity index (χ3n) is 7.31. The Morgan fingerprint density at radius 1 is 1.10 bits per heavy atom. The summed E-state index contributed by atoms with van der Waals surface area (Å²) in [5.74, 6) is 0.750. The van der Waals surface area contributed by atoms with Crippen molar-refractivity contribution < 1.29 is 9.53 Å². The summed E-state index contributed by atoms with van der Waals surface area (Å²) in [5, 5.41) is 6.96. The van der Waals surface area contributed by atoms with Crippen LogP contribution in [-0.4, -0.2) is 56.7 Å². The Morgan fingerprint density at radius 2 is 1.92 bits per heavy atom. The van der Waals surface area contributed by atoms with Crippen molar-refractivity contribution in [1.82, 2.24) is 4.90 Å². The zero-order valence-electron chi connectivity index (χ0n) is 24.2. The molecule has 1 aliphatic heterocycles. The molecule has 0 radical (unpaired) electrons. The van der Waals surface area contributed by atoms with E-state index in [1.807, 2.05) is 47.4 Å². The topological polar surface area (TPSA) is 56.8 Å². The predicted octanol–water partition coefficient (Wildman–Crippen LogP) is 7.06. The minimum Gasteiger partial charge on any atom is -0.493 e. The second kappa shape index (κ2) is 13.5. The fourth-order valence-corrected chi connectivity index (χ4v) is 5.22. The molecule has 1 atom stereocenters. The molecule has 0 saturated carbocycles. The number of aryl methyl sites for hydroxylation is 1. The third-order valence-corrected chi connectivity index (χ3v) is 7.31. The summed E-state index contributed by atoms with van der Waals surface area (Å²) >= 11 is 0. The van der Waals surface area contributed by atoms with Gasteiger partial charge in [-0.3, -0.25) is 4.79 Å². The van der Waals surface area contributed by atoms with Gasteiger partial charge in [-0.2, -0.15) is 0 Å². The molecule has 3 aromatic rings. The molecule has 1 amide bonds. The van der Waals surface area contributed by atoms with Gasteiger partial charge in [0.15, 0.2) is 0 Å². The van der Waals surface area contributed by atoms with E-state index in [0.717, 1.165) is 72.8 Å². The number of carbonyl (C=O) groups excluding carboxylic acids is 1. The molecule has 0 unspecified atom stereocenters. The van der Waals surface area contributed by atoms with E-state index in [1.54, 1.807) is 0 Å². The Kier molecular flexibility index (Phi) is 9.88. The highest BCUT2D eigenvalue weighted by molar-refractivity contribution is 6.08. The Morgan fingerprint density at radius 3 is 2.69 bits per heavy atom. The molecule has 3 aromatic carbocycles. The fraction of sp³-hybridized carbons (Fsp3) is 0.424. The lowest BCUT2D eigenvalue weighted by molar-refractivity contribution is 0.0986. The van der Waals surface area contributed by atoms with Gasteiger partial charge >= 0.3 is 0 Å². The van der Waals surface area contributed by atoms with Crippen LogP contribution in [0.5, 0.6) is 5.75 Å². The maximum absolute atomic E-state index is 13.9. The van der Waals surface area contributed by atoms with Crippen molar-refractivity contribution in [2.75, 3.05) is 55.4 Å². The quantitative estimate of drug-likeness (QED) is 0.261. The van der Waals surface area contributed by atoms with Crippen LogP contribution >= 0.6 is 0 Å². The van der Waals surface area contributed by atoms with Crippen molar-refractivity contribution >= 4 is 23.0 Å². The maximum atomic E-state index is 13.9. The summed E-state index contributed by atoms with van der Waals surface area (Å²) in [5.41, 5.74) is 6.97. The predicted molar refractivity (Wildman–Crippen MR) is 164 cm³/mol. The molecular formula is C33H44N4O2. The number of rotatable bonds is 11. The Labute approximate surface area is 234 Å². The smallest absolute Gasteiger partial charge is 0.258 e. The maximum Gasteiger partial charge on any atom is 0.258 e. The van der Waals surface area contributed by atoms with E-state index in [4.69, 9.17) is 4.74 Å². The molecule has 39 heavy (non-hydrogen) atoms. The molecule has 208 valence electrons. The first-order valence-corrected chi connectivity index (χ1v) is 14.4. The van der Waals surface area contributed by atoms with Crippen LogP contribution in [0.2, 0.25) is 0 Å². The Balaban J connectivity index is 1.64. The van der Waals surface area contributed by atoms with Gasteiger partial charge in [-0.15, -0.1) is 0 Å². The number of nitrogens with one attached hydrogen (secondary N) is 2. The lowest BCUT2D eigenvalue weighted by atomic mass is 9.99. The van der Waals surface area contributed by atoms with Crippen molar-refractivity contribution in [3.63, 3.8) is 0 Å². The molecule has 1 aliphatic rings. The number of anilines is 3. The van der Waals surface area contributed by atoms with Gasteiger partial charge in [-0.25, -0.2) is 0 Å². The summed E-state index contributed by atoms with van der Waals surface area (Å²) in [4.78, 5) is 18.1. The number of benzene rings is 3. The molecule has 6 nitrogen and oxygen atoms in total. The third kappa shape index (κ3) is 7.12. The van der Waals surface area contributed by atoms with Crippen LogP contribution in [0.3, 0.4) is 0 Å². The van der Waals surface area contributed by atoms with Crippen molar-refractivity contribution in [3.05, 3.63) is 71.8 Å². The SMILES string of the molecule is CCCN(C)CCCOc1cc(C(=O)N2CC[C@H](C)Nc3ccccc32)ccc1-c1ccc(NCC)c(C)c1. The second-order valence-corrected chi connectivity index (χ2v) is 10.6.